The largest absolute Gasteiger partial charge is 0.388 e. The number of hydrogen-bond acceptors (Lipinski definition) is 3. The van der Waals surface area contributed by atoms with Crippen LogP contribution in [0.2, 0.25) is 0 Å². The average molecular weight is 199 g/mol. The second-order valence-electron chi connectivity index (χ2n) is 4.09. The third-order valence-corrected chi connectivity index (χ3v) is 2.67. The van der Waals surface area contributed by atoms with Crippen molar-refractivity contribution in [3.05, 3.63) is 0 Å². The molecule has 0 atom stereocenters. The van der Waals surface area contributed by atoms with Crippen LogP contribution >= 0.6 is 0 Å². The van der Waals surface area contributed by atoms with E-state index in [1.807, 2.05) is 0 Å². The predicted molar refractivity (Wildman–Crippen MR) is 57.6 cm³/mol. The highest BCUT2D eigenvalue weighted by Gasteiger charge is 2.15. The van der Waals surface area contributed by atoms with Crippen molar-refractivity contribution in [1.29, 1.82) is 5.41 Å². The minimum atomic E-state index is 0.281. The highest BCUT2D eigenvalue weighted by molar-refractivity contribution is 5.76. The summed E-state index contributed by atoms with van der Waals surface area (Å²) in [6.45, 7) is 3.82. The van der Waals surface area contributed by atoms with Gasteiger partial charge in [0.05, 0.1) is 5.84 Å². The average Bonchev–Trinajstić information content (AvgIpc) is 2.16. The summed E-state index contributed by atoms with van der Waals surface area (Å²) in [5.74, 6) is 1.05. The third-order valence-electron chi connectivity index (χ3n) is 2.67. The van der Waals surface area contributed by atoms with Crippen LogP contribution < -0.4 is 5.73 Å². The van der Waals surface area contributed by atoms with Gasteiger partial charge in [0.25, 0.3) is 0 Å². The van der Waals surface area contributed by atoms with Gasteiger partial charge >= 0.3 is 0 Å². The van der Waals surface area contributed by atoms with Crippen LogP contribution in [0.15, 0.2) is 0 Å². The molecule has 0 aromatic heterocycles. The summed E-state index contributed by atoms with van der Waals surface area (Å²) < 4.78 is 5.31. The number of amidine groups is 1. The Kier molecular flexibility index (Phi) is 4.90. The number of hydrogen-bond donors (Lipinski definition) is 2. The molecule has 1 fully saturated rings. The van der Waals surface area contributed by atoms with Crippen LogP contribution in [-0.4, -0.2) is 44.1 Å². The lowest BCUT2D eigenvalue weighted by molar-refractivity contribution is 0.0560. The van der Waals surface area contributed by atoms with Gasteiger partial charge in [0.15, 0.2) is 0 Å². The van der Waals surface area contributed by atoms with Crippen LogP contribution in [0.25, 0.3) is 0 Å². The molecule has 0 aromatic carbocycles. The summed E-state index contributed by atoms with van der Waals surface area (Å²) in [5, 5.41) is 7.14. The Morgan fingerprint density at radius 1 is 1.50 bits per heavy atom. The zero-order valence-corrected chi connectivity index (χ0v) is 8.96. The van der Waals surface area contributed by atoms with Crippen LogP contribution in [0, 0.1) is 11.3 Å². The molecule has 0 unspecified atom stereocenters. The molecular weight excluding hydrogens is 178 g/mol. The van der Waals surface area contributed by atoms with Crippen molar-refractivity contribution in [1.82, 2.24) is 4.90 Å². The molecule has 4 heteroatoms. The molecule has 14 heavy (non-hydrogen) atoms. The minimum Gasteiger partial charge on any atom is -0.388 e. The van der Waals surface area contributed by atoms with Crippen molar-refractivity contribution in [3.63, 3.8) is 0 Å². The Morgan fingerprint density at radius 3 is 2.71 bits per heavy atom. The molecule has 0 amide bonds. The van der Waals surface area contributed by atoms with Crippen LogP contribution in [0.5, 0.6) is 0 Å². The Balaban J connectivity index is 2.11. The van der Waals surface area contributed by atoms with Gasteiger partial charge in [0, 0.05) is 32.7 Å². The number of nitrogens with two attached hydrogens (primary N) is 1. The van der Waals surface area contributed by atoms with Gasteiger partial charge in [-0.1, -0.05) is 0 Å². The zero-order valence-electron chi connectivity index (χ0n) is 8.96. The fraction of sp³-hybridized carbons (Fsp3) is 0.900. The van der Waals surface area contributed by atoms with Crippen molar-refractivity contribution in [2.24, 2.45) is 11.7 Å². The van der Waals surface area contributed by atoms with Gasteiger partial charge in [-0.3, -0.25) is 5.41 Å². The molecule has 0 spiro atoms. The SMILES string of the molecule is CN(CCC(=N)N)CC1CCOCC1. The number of ether oxygens (including phenoxy) is 1. The van der Waals surface area contributed by atoms with Gasteiger partial charge in [-0.05, 0) is 25.8 Å². The maximum Gasteiger partial charge on any atom is 0.0918 e. The van der Waals surface area contributed by atoms with Crippen LogP contribution in [0.4, 0.5) is 0 Å². The van der Waals surface area contributed by atoms with E-state index in [-0.39, 0.29) is 5.84 Å². The molecule has 1 aliphatic rings. The molecule has 0 aromatic rings. The fourth-order valence-electron chi connectivity index (χ4n) is 1.77. The summed E-state index contributed by atoms with van der Waals surface area (Å²) in [6.07, 6.45) is 3.02. The highest BCUT2D eigenvalue weighted by Crippen LogP contribution is 2.15. The first-order valence-electron chi connectivity index (χ1n) is 5.27. The van der Waals surface area contributed by atoms with Crippen molar-refractivity contribution in [2.45, 2.75) is 19.3 Å². The van der Waals surface area contributed by atoms with Crippen LogP contribution in [-0.2, 0) is 4.74 Å². The summed E-state index contributed by atoms with van der Waals surface area (Å²) in [4.78, 5) is 2.26. The van der Waals surface area contributed by atoms with E-state index in [1.165, 1.54) is 12.8 Å². The van der Waals surface area contributed by atoms with E-state index in [2.05, 4.69) is 11.9 Å². The summed E-state index contributed by atoms with van der Waals surface area (Å²) >= 11 is 0. The van der Waals surface area contributed by atoms with E-state index in [9.17, 15) is 0 Å². The van der Waals surface area contributed by atoms with Gasteiger partial charge in [-0.2, -0.15) is 0 Å². The molecule has 4 nitrogen and oxygen atoms in total. The Labute approximate surface area is 85.9 Å². The van der Waals surface area contributed by atoms with E-state index in [0.717, 1.165) is 32.2 Å². The van der Waals surface area contributed by atoms with Crippen molar-refractivity contribution < 1.29 is 4.74 Å². The molecule has 1 aliphatic heterocycles. The maximum absolute atomic E-state index is 7.14. The number of nitrogens with zero attached hydrogens (tertiary/aromatic N) is 1. The predicted octanol–water partition coefficient (Wildman–Crippen LogP) is 0.671. The van der Waals surface area contributed by atoms with Crippen molar-refractivity contribution >= 4 is 5.84 Å². The van der Waals surface area contributed by atoms with Crippen LogP contribution in [0.1, 0.15) is 19.3 Å². The van der Waals surface area contributed by atoms with Gasteiger partial charge in [0.1, 0.15) is 0 Å². The number of nitrogens with one attached hydrogen (secondary N) is 1. The van der Waals surface area contributed by atoms with E-state index in [0.29, 0.717) is 6.42 Å². The first-order valence-corrected chi connectivity index (χ1v) is 5.27. The quantitative estimate of drug-likeness (QED) is 0.505. The Bertz CT molecular complexity index is 178. The summed E-state index contributed by atoms with van der Waals surface area (Å²) in [7, 11) is 2.10. The smallest absolute Gasteiger partial charge is 0.0918 e. The van der Waals surface area contributed by atoms with E-state index < -0.39 is 0 Å². The lowest BCUT2D eigenvalue weighted by atomic mass is 10.00. The van der Waals surface area contributed by atoms with Crippen LogP contribution in [0.3, 0.4) is 0 Å². The third kappa shape index (κ3) is 4.58. The fourth-order valence-corrected chi connectivity index (χ4v) is 1.77. The first-order chi connectivity index (χ1) is 6.68. The topological polar surface area (TPSA) is 62.3 Å². The van der Waals surface area contributed by atoms with Gasteiger partial charge in [-0.25, -0.2) is 0 Å². The van der Waals surface area contributed by atoms with E-state index in [4.69, 9.17) is 15.9 Å². The van der Waals surface area contributed by atoms with E-state index >= 15 is 0 Å². The van der Waals surface area contributed by atoms with Gasteiger partial charge in [-0.15, -0.1) is 0 Å². The monoisotopic (exact) mass is 199 g/mol. The van der Waals surface area contributed by atoms with E-state index in [1.54, 1.807) is 0 Å². The second kappa shape index (κ2) is 5.98. The second-order valence-corrected chi connectivity index (χ2v) is 4.09. The number of rotatable bonds is 5. The lowest BCUT2D eigenvalue weighted by Gasteiger charge is -2.26. The Hall–Kier alpha value is -0.610. The van der Waals surface area contributed by atoms with Crippen molar-refractivity contribution in [2.75, 3.05) is 33.4 Å². The zero-order chi connectivity index (χ0) is 10.4. The van der Waals surface area contributed by atoms with Gasteiger partial charge in [0.2, 0.25) is 0 Å². The normalized spacial score (nSPS) is 18.7. The molecule has 0 aliphatic carbocycles. The minimum absolute atomic E-state index is 0.281. The molecular formula is C10H21N3O. The molecule has 82 valence electrons. The maximum atomic E-state index is 7.14. The van der Waals surface area contributed by atoms with Crippen molar-refractivity contribution in [3.8, 4) is 0 Å². The van der Waals surface area contributed by atoms with Gasteiger partial charge < -0.3 is 15.4 Å². The molecule has 0 bridgehead atoms. The Morgan fingerprint density at radius 2 is 2.14 bits per heavy atom. The molecule has 1 saturated heterocycles. The molecule has 1 heterocycles. The first kappa shape index (κ1) is 11.5. The molecule has 0 radical (unpaired) electrons. The summed E-state index contributed by atoms with van der Waals surface area (Å²) in [6, 6.07) is 0. The summed E-state index contributed by atoms with van der Waals surface area (Å²) in [5.41, 5.74) is 5.31. The standard InChI is InChI=1S/C10H21N3O/c1-13(5-2-10(11)12)8-9-3-6-14-7-4-9/h9H,2-8H2,1H3,(H3,11,12). The molecule has 0 saturated carbocycles. The molecule has 3 N–H and O–H groups in total. The highest BCUT2D eigenvalue weighted by atomic mass is 16.5. The molecule has 1 rings (SSSR count). The lowest BCUT2D eigenvalue weighted by Crippen LogP contribution is -2.31.